The molecule has 6 atom stereocenters. The fourth-order valence-corrected chi connectivity index (χ4v) is 5.46. The average Bonchev–Trinajstić information content (AvgIpc) is 3.08. The Balaban J connectivity index is 2.17. The van der Waals surface area contributed by atoms with Crippen molar-refractivity contribution in [3.8, 4) is 0 Å². The number of aliphatic hydroxyl groups is 1. The summed E-state index contributed by atoms with van der Waals surface area (Å²) in [4.78, 5) is 24.5. The third kappa shape index (κ3) is 4.64. The number of fused-ring (bicyclic) bond motifs is 1. The second kappa shape index (κ2) is 9.70. The first kappa shape index (κ1) is 20.4. The molecule has 0 amide bonds. The minimum Gasteiger partial charge on any atom is -0.466 e. The van der Waals surface area contributed by atoms with Crippen molar-refractivity contribution in [3.63, 3.8) is 0 Å². The largest absolute Gasteiger partial charge is 0.466 e. The molecule has 25 heavy (non-hydrogen) atoms. The van der Waals surface area contributed by atoms with Crippen molar-refractivity contribution in [2.75, 3.05) is 13.2 Å². The lowest BCUT2D eigenvalue weighted by Crippen LogP contribution is -2.25. The van der Waals surface area contributed by atoms with Crippen molar-refractivity contribution in [1.29, 1.82) is 0 Å². The van der Waals surface area contributed by atoms with E-state index in [1.807, 2.05) is 0 Å². The summed E-state index contributed by atoms with van der Waals surface area (Å²) in [5.74, 6) is 1.25. The molecule has 2 aliphatic carbocycles. The number of rotatable bonds is 10. The molecule has 0 aromatic heterocycles. The van der Waals surface area contributed by atoms with Crippen LogP contribution in [0, 0.1) is 35.5 Å². The first-order valence-electron chi connectivity index (χ1n) is 10.3. The van der Waals surface area contributed by atoms with E-state index in [0.29, 0.717) is 18.3 Å². The number of aliphatic hydroxyl groups excluding tert-OH is 1. The van der Waals surface area contributed by atoms with Gasteiger partial charge >= 0.3 is 5.97 Å². The van der Waals surface area contributed by atoms with E-state index in [2.05, 4.69) is 13.8 Å². The molecule has 0 aromatic carbocycles. The molecule has 0 spiro atoms. The number of ketones is 1. The van der Waals surface area contributed by atoms with Gasteiger partial charge in [0.2, 0.25) is 0 Å². The van der Waals surface area contributed by atoms with Gasteiger partial charge < -0.3 is 9.84 Å². The van der Waals surface area contributed by atoms with Crippen LogP contribution < -0.4 is 0 Å². The van der Waals surface area contributed by atoms with Crippen molar-refractivity contribution >= 4 is 11.8 Å². The lowest BCUT2D eigenvalue weighted by molar-refractivity contribution is -0.143. The van der Waals surface area contributed by atoms with E-state index in [4.69, 9.17) is 4.74 Å². The first-order chi connectivity index (χ1) is 12.0. The molecule has 0 saturated heterocycles. The molecule has 0 aromatic rings. The van der Waals surface area contributed by atoms with Crippen LogP contribution in [0.5, 0.6) is 0 Å². The predicted octanol–water partition coefficient (Wildman–Crippen LogP) is 4.00. The van der Waals surface area contributed by atoms with Crippen LogP contribution in [-0.4, -0.2) is 30.1 Å². The highest BCUT2D eigenvalue weighted by molar-refractivity contribution is 5.87. The summed E-state index contributed by atoms with van der Waals surface area (Å²) in [6.45, 7) is 6.29. The molecule has 4 heteroatoms. The van der Waals surface area contributed by atoms with Crippen LogP contribution in [0.25, 0.3) is 0 Å². The zero-order chi connectivity index (χ0) is 18.4. The second-order valence-electron chi connectivity index (χ2n) is 8.15. The minimum absolute atomic E-state index is 0.00928. The Morgan fingerprint density at radius 1 is 1.12 bits per heavy atom. The summed E-state index contributed by atoms with van der Waals surface area (Å²) in [7, 11) is 0. The standard InChI is InChI=1S/C21H36O4/c1-4-6-8-10-18-17(9-7-5-2)19-15(12-22)11-16(13-25-14(3)23)20(19)21(18)24/h15-20,22H,4-13H2,1-3H3/t15-,16+,17-,18-,19+,20+/m0/s1. The monoisotopic (exact) mass is 352 g/mol. The number of hydrogen-bond acceptors (Lipinski definition) is 4. The van der Waals surface area contributed by atoms with E-state index in [1.54, 1.807) is 0 Å². The average molecular weight is 353 g/mol. The van der Waals surface area contributed by atoms with Gasteiger partial charge in [-0.1, -0.05) is 46.0 Å². The molecule has 4 nitrogen and oxygen atoms in total. The number of hydrogen-bond donors (Lipinski definition) is 1. The van der Waals surface area contributed by atoms with Crippen LogP contribution in [0.4, 0.5) is 0 Å². The maximum atomic E-state index is 13.2. The van der Waals surface area contributed by atoms with Gasteiger partial charge in [0, 0.05) is 31.3 Å². The fraction of sp³-hybridized carbons (Fsp3) is 0.905. The lowest BCUT2D eigenvalue weighted by Gasteiger charge is -2.27. The molecule has 2 aliphatic rings. The summed E-state index contributed by atoms with van der Waals surface area (Å²) in [6.07, 6.45) is 8.66. The van der Waals surface area contributed by atoms with Gasteiger partial charge in [-0.3, -0.25) is 9.59 Å². The van der Waals surface area contributed by atoms with Gasteiger partial charge in [0.25, 0.3) is 0 Å². The predicted molar refractivity (Wildman–Crippen MR) is 97.9 cm³/mol. The summed E-state index contributed by atoms with van der Waals surface area (Å²) < 4.78 is 5.25. The summed E-state index contributed by atoms with van der Waals surface area (Å²) in [5.41, 5.74) is 0. The van der Waals surface area contributed by atoms with Crippen LogP contribution in [-0.2, 0) is 14.3 Å². The molecule has 2 fully saturated rings. The van der Waals surface area contributed by atoms with E-state index >= 15 is 0 Å². The van der Waals surface area contributed by atoms with Crippen molar-refractivity contribution in [2.24, 2.45) is 35.5 Å². The molecule has 1 N–H and O–H groups in total. The van der Waals surface area contributed by atoms with E-state index in [1.165, 1.54) is 19.8 Å². The highest BCUT2D eigenvalue weighted by Gasteiger charge is 2.58. The Morgan fingerprint density at radius 2 is 1.84 bits per heavy atom. The third-order valence-electron chi connectivity index (χ3n) is 6.52. The number of carbonyl (C=O) groups excluding carboxylic acids is 2. The Labute approximate surface area is 152 Å². The molecular formula is C21H36O4. The molecule has 0 unspecified atom stereocenters. The number of ether oxygens (including phenoxy) is 1. The van der Waals surface area contributed by atoms with Gasteiger partial charge in [-0.15, -0.1) is 0 Å². The number of carbonyl (C=O) groups is 2. The maximum absolute atomic E-state index is 13.2. The van der Waals surface area contributed by atoms with Crippen LogP contribution in [0.1, 0.15) is 72.1 Å². The topological polar surface area (TPSA) is 63.6 Å². The Hall–Kier alpha value is -0.900. The van der Waals surface area contributed by atoms with Gasteiger partial charge in [-0.05, 0) is 37.0 Å². The van der Waals surface area contributed by atoms with E-state index in [-0.39, 0.29) is 42.2 Å². The highest BCUT2D eigenvalue weighted by Crippen LogP contribution is 2.56. The Morgan fingerprint density at radius 3 is 2.44 bits per heavy atom. The second-order valence-corrected chi connectivity index (χ2v) is 8.15. The quantitative estimate of drug-likeness (QED) is 0.477. The zero-order valence-corrected chi connectivity index (χ0v) is 16.2. The molecule has 0 bridgehead atoms. The van der Waals surface area contributed by atoms with Gasteiger partial charge in [0.15, 0.2) is 0 Å². The van der Waals surface area contributed by atoms with Gasteiger partial charge in [-0.2, -0.15) is 0 Å². The molecule has 2 rings (SSSR count). The molecular weight excluding hydrogens is 316 g/mol. The molecule has 0 heterocycles. The minimum atomic E-state index is -0.281. The molecule has 144 valence electrons. The first-order valence-corrected chi connectivity index (χ1v) is 10.3. The normalized spacial score (nSPS) is 34.3. The van der Waals surface area contributed by atoms with Crippen LogP contribution in [0.15, 0.2) is 0 Å². The number of unbranched alkanes of at least 4 members (excludes halogenated alkanes) is 3. The van der Waals surface area contributed by atoms with Gasteiger partial charge in [0.1, 0.15) is 5.78 Å². The van der Waals surface area contributed by atoms with Crippen molar-refractivity contribution in [1.82, 2.24) is 0 Å². The Bertz CT molecular complexity index is 447. The van der Waals surface area contributed by atoms with Crippen molar-refractivity contribution in [3.05, 3.63) is 0 Å². The van der Waals surface area contributed by atoms with E-state index < -0.39 is 0 Å². The smallest absolute Gasteiger partial charge is 0.302 e. The van der Waals surface area contributed by atoms with Gasteiger partial charge in [0.05, 0.1) is 6.61 Å². The maximum Gasteiger partial charge on any atom is 0.302 e. The molecule has 0 aliphatic heterocycles. The summed E-state index contributed by atoms with van der Waals surface area (Å²) in [5, 5.41) is 9.92. The number of Topliss-reactive ketones (excluding diaryl/α,β-unsaturated/α-hetero) is 1. The Kier molecular flexibility index (Phi) is 7.92. The SMILES string of the molecule is CCCCC[C@@H]1C(=O)[C@@H]2[C@@H](COC(C)=O)C[C@@H](CO)[C@@H]2[C@H]1CCCC. The van der Waals surface area contributed by atoms with Crippen LogP contribution in [0.2, 0.25) is 0 Å². The summed E-state index contributed by atoms with van der Waals surface area (Å²) in [6, 6.07) is 0. The third-order valence-corrected chi connectivity index (χ3v) is 6.52. The zero-order valence-electron chi connectivity index (χ0n) is 16.2. The van der Waals surface area contributed by atoms with Crippen molar-refractivity contribution in [2.45, 2.75) is 72.1 Å². The fourth-order valence-electron chi connectivity index (χ4n) is 5.46. The van der Waals surface area contributed by atoms with Gasteiger partial charge in [-0.25, -0.2) is 0 Å². The van der Waals surface area contributed by atoms with Crippen LogP contribution in [0.3, 0.4) is 0 Å². The van der Waals surface area contributed by atoms with E-state index in [9.17, 15) is 14.7 Å². The molecule has 2 saturated carbocycles. The van der Waals surface area contributed by atoms with E-state index in [0.717, 1.165) is 38.5 Å². The highest BCUT2D eigenvalue weighted by atomic mass is 16.5. The molecule has 0 radical (unpaired) electrons. The lowest BCUT2D eigenvalue weighted by atomic mass is 9.78. The summed E-state index contributed by atoms with van der Waals surface area (Å²) >= 11 is 0. The van der Waals surface area contributed by atoms with Crippen LogP contribution >= 0.6 is 0 Å². The van der Waals surface area contributed by atoms with Crippen molar-refractivity contribution < 1.29 is 19.4 Å². The number of esters is 1.